The van der Waals surface area contributed by atoms with E-state index < -0.39 is 5.97 Å². The van der Waals surface area contributed by atoms with Crippen LogP contribution in [0.1, 0.15) is 16.3 Å². The lowest BCUT2D eigenvalue weighted by molar-refractivity contribution is 0.0658. The van der Waals surface area contributed by atoms with E-state index in [1.165, 1.54) is 17.4 Å². The number of nitrogens with zero attached hydrogens (tertiary/aromatic N) is 1. The van der Waals surface area contributed by atoms with Crippen LogP contribution < -0.4 is 4.74 Å². The maximum Gasteiger partial charge on any atom is 0.371 e. The molecule has 0 unspecified atom stereocenters. The van der Waals surface area contributed by atoms with Crippen LogP contribution in [0.2, 0.25) is 0 Å². The summed E-state index contributed by atoms with van der Waals surface area (Å²) in [5.74, 6) is -0.0602. The molecule has 0 bridgehead atoms. The number of hydrogen-bond acceptors (Lipinski definition) is 5. The zero-order valence-electron chi connectivity index (χ0n) is 9.70. The van der Waals surface area contributed by atoms with E-state index in [1.807, 2.05) is 18.2 Å². The molecule has 0 fully saturated rings. The third-order valence-corrected chi connectivity index (χ3v) is 3.36. The van der Waals surface area contributed by atoms with E-state index in [-0.39, 0.29) is 12.4 Å². The number of thiazole rings is 1. The highest BCUT2D eigenvalue weighted by atomic mass is 32.1. The van der Waals surface area contributed by atoms with Crippen molar-refractivity contribution >= 4 is 27.5 Å². The van der Waals surface area contributed by atoms with Crippen molar-refractivity contribution in [3.05, 3.63) is 47.4 Å². The Kier molecular flexibility index (Phi) is 2.92. The lowest BCUT2D eigenvalue weighted by Gasteiger charge is -2.04. The first-order chi connectivity index (χ1) is 9.24. The van der Waals surface area contributed by atoms with E-state index in [1.54, 1.807) is 11.6 Å². The summed E-state index contributed by atoms with van der Waals surface area (Å²) in [6.45, 7) is 0.171. The standard InChI is InChI=1S/C13H9NO4S/c15-13(16)10-5-4-8(18-10)6-17-9-2-1-3-11-12(9)14-7-19-11/h1-5,7H,6H2,(H,15,16). The Morgan fingerprint density at radius 3 is 3.05 bits per heavy atom. The number of fused-ring (bicyclic) bond motifs is 1. The summed E-state index contributed by atoms with van der Waals surface area (Å²) in [4.78, 5) is 14.9. The molecule has 96 valence electrons. The topological polar surface area (TPSA) is 72.6 Å². The zero-order chi connectivity index (χ0) is 13.2. The van der Waals surface area contributed by atoms with Crippen LogP contribution in [-0.4, -0.2) is 16.1 Å². The number of hydrogen-bond donors (Lipinski definition) is 1. The molecular formula is C13H9NO4S. The summed E-state index contributed by atoms with van der Waals surface area (Å²) in [7, 11) is 0. The van der Waals surface area contributed by atoms with Crippen molar-refractivity contribution in [1.82, 2.24) is 4.98 Å². The third-order valence-electron chi connectivity index (χ3n) is 2.57. The van der Waals surface area contributed by atoms with Gasteiger partial charge in [0.2, 0.25) is 5.76 Å². The van der Waals surface area contributed by atoms with Gasteiger partial charge >= 0.3 is 5.97 Å². The van der Waals surface area contributed by atoms with Gasteiger partial charge in [-0.15, -0.1) is 11.3 Å². The minimum absolute atomic E-state index is 0.0922. The molecular weight excluding hydrogens is 266 g/mol. The van der Waals surface area contributed by atoms with Gasteiger partial charge < -0.3 is 14.3 Å². The second-order valence-electron chi connectivity index (χ2n) is 3.82. The van der Waals surface area contributed by atoms with Crippen LogP contribution in [0.15, 0.2) is 40.3 Å². The summed E-state index contributed by atoms with van der Waals surface area (Å²) in [6, 6.07) is 8.67. The van der Waals surface area contributed by atoms with E-state index in [0.717, 1.165) is 10.2 Å². The Balaban J connectivity index is 1.78. The quantitative estimate of drug-likeness (QED) is 0.791. The number of aromatic nitrogens is 1. The molecule has 0 spiro atoms. The van der Waals surface area contributed by atoms with Crippen molar-refractivity contribution in [2.45, 2.75) is 6.61 Å². The first kappa shape index (κ1) is 11.7. The molecule has 6 heteroatoms. The number of aromatic carboxylic acids is 1. The second kappa shape index (κ2) is 4.74. The molecule has 2 heterocycles. The molecule has 0 aliphatic carbocycles. The highest BCUT2D eigenvalue weighted by Crippen LogP contribution is 2.27. The van der Waals surface area contributed by atoms with Gasteiger partial charge in [0, 0.05) is 0 Å². The largest absolute Gasteiger partial charge is 0.483 e. The van der Waals surface area contributed by atoms with Gasteiger partial charge in [0.1, 0.15) is 23.6 Å². The molecule has 19 heavy (non-hydrogen) atoms. The molecule has 0 aliphatic heterocycles. The number of ether oxygens (including phenoxy) is 1. The normalized spacial score (nSPS) is 10.7. The van der Waals surface area contributed by atoms with Gasteiger partial charge in [-0.2, -0.15) is 0 Å². The van der Waals surface area contributed by atoms with Gasteiger partial charge in [-0.3, -0.25) is 0 Å². The third kappa shape index (κ3) is 2.30. The molecule has 2 aromatic heterocycles. The minimum Gasteiger partial charge on any atom is -0.483 e. The fourth-order valence-electron chi connectivity index (χ4n) is 1.70. The first-order valence-electron chi connectivity index (χ1n) is 5.51. The summed E-state index contributed by atoms with van der Waals surface area (Å²) in [6.07, 6.45) is 0. The monoisotopic (exact) mass is 275 g/mol. The number of para-hydroxylation sites is 1. The summed E-state index contributed by atoms with van der Waals surface area (Å²) in [5, 5.41) is 8.75. The summed E-state index contributed by atoms with van der Waals surface area (Å²) in [5.41, 5.74) is 2.56. The smallest absolute Gasteiger partial charge is 0.371 e. The lowest BCUT2D eigenvalue weighted by atomic mass is 10.3. The van der Waals surface area contributed by atoms with Crippen LogP contribution in [0.25, 0.3) is 10.2 Å². The highest BCUT2D eigenvalue weighted by molar-refractivity contribution is 7.16. The van der Waals surface area contributed by atoms with Gasteiger partial charge in [0.05, 0.1) is 10.2 Å². The number of furan rings is 1. The van der Waals surface area contributed by atoms with Crippen molar-refractivity contribution < 1.29 is 19.1 Å². The van der Waals surface area contributed by atoms with Gasteiger partial charge in [-0.1, -0.05) is 6.07 Å². The molecule has 0 atom stereocenters. The van der Waals surface area contributed by atoms with Gasteiger partial charge in [0.15, 0.2) is 0 Å². The minimum atomic E-state index is -1.09. The average molecular weight is 275 g/mol. The SMILES string of the molecule is O=C(O)c1ccc(COc2cccc3scnc23)o1. The molecule has 0 aliphatic rings. The van der Waals surface area contributed by atoms with Crippen LogP contribution in [0.4, 0.5) is 0 Å². The van der Waals surface area contributed by atoms with Crippen molar-refractivity contribution in [2.75, 3.05) is 0 Å². The maximum absolute atomic E-state index is 10.7. The van der Waals surface area contributed by atoms with Crippen LogP contribution in [-0.2, 0) is 6.61 Å². The Morgan fingerprint density at radius 2 is 2.26 bits per heavy atom. The fourth-order valence-corrected chi connectivity index (χ4v) is 2.39. The number of carbonyl (C=O) groups is 1. The molecule has 0 amide bonds. The number of benzene rings is 1. The number of carboxylic acid groups (broad SMARTS) is 1. The molecule has 1 aromatic carbocycles. The van der Waals surface area contributed by atoms with Crippen LogP contribution in [0.3, 0.4) is 0 Å². The Labute approximate surface area is 112 Å². The predicted molar refractivity (Wildman–Crippen MR) is 69.6 cm³/mol. The van der Waals surface area contributed by atoms with Gasteiger partial charge in [-0.25, -0.2) is 9.78 Å². The lowest BCUT2D eigenvalue weighted by Crippen LogP contribution is -1.95. The average Bonchev–Trinajstić information content (AvgIpc) is 3.05. The van der Waals surface area contributed by atoms with Crippen molar-refractivity contribution in [3.63, 3.8) is 0 Å². The molecule has 5 nitrogen and oxygen atoms in total. The molecule has 0 saturated carbocycles. The number of carboxylic acids is 1. The van der Waals surface area contributed by atoms with E-state index in [2.05, 4.69) is 4.98 Å². The van der Waals surface area contributed by atoms with E-state index in [0.29, 0.717) is 11.5 Å². The van der Waals surface area contributed by atoms with Crippen molar-refractivity contribution in [3.8, 4) is 5.75 Å². The fraction of sp³-hybridized carbons (Fsp3) is 0.0769. The summed E-state index contributed by atoms with van der Waals surface area (Å²) >= 11 is 1.54. The second-order valence-corrected chi connectivity index (χ2v) is 4.70. The van der Waals surface area contributed by atoms with Crippen molar-refractivity contribution in [1.29, 1.82) is 0 Å². The van der Waals surface area contributed by atoms with E-state index in [4.69, 9.17) is 14.3 Å². The molecule has 0 saturated heterocycles. The molecule has 3 rings (SSSR count). The van der Waals surface area contributed by atoms with E-state index >= 15 is 0 Å². The van der Waals surface area contributed by atoms with Crippen LogP contribution >= 0.6 is 11.3 Å². The predicted octanol–water partition coefficient (Wildman–Crippen LogP) is 3.17. The highest BCUT2D eigenvalue weighted by Gasteiger charge is 2.10. The summed E-state index contributed by atoms with van der Waals surface area (Å²) < 4.78 is 11.8. The molecule has 1 N–H and O–H groups in total. The van der Waals surface area contributed by atoms with E-state index in [9.17, 15) is 4.79 Å². The van der Waals surface area contributed by atoms with Crippen molar-refractivity contribution in [2.24, 2.45) is 0 Å². The van der Waals surface area contributed by atoms with Crippen LogP contribution in [0, 0.1) is 0 Å². The molecule has 3 aromatic rings. The maximum atomic E-state index is 10.7. The van der Waals surface area contributed by atoms with Crippen LogP contribution in [0.5, 0.6) is 5.75 Å². The Hall–Kier alpha value is -2.34. The van der Waals surface area contributed by atoms with Gasteiger partial charge in [-0.05, 0) is 24.3 Å². The Morgan fingerprint density at radius 1 is 1.37 bits per heavy atom. The Bertz CT molecular complexity index is 731. The van der Waals surface area contributed by atoms with Gasteiger partial charge in [0.25, 0.3) is 0 Å². The first-order valence-corrected chi connectivity index (χ1v) is 6.39. The zero-order valence-corrected chi connectivity index (χ0v) is 10.5. The number of rotatable bonds is 4. The molecule has 0 radical (unpaired) electrons.